The summed E-state index contributed by atoms with van der Waals surface area (Å²) in [5, 5.41) is 11.8. The van der Waals surface area contributed by atoms with Crippen molar-refractivity contribution in [1.82, 2.24) is 20.3 Å². The van der Waals surface area contributed by atoms with Gasteiger partial charge in [-0.15, -0.1) is 16.9 Å². The Bertz CT molecular complexity index is 551. The summed E-state index contributed by atoms with van der Waals surface area (Å²) in [5.41, 5.74) is 2.32. The monoisotopic (exact) mass is 354 g/mol. The average Bonchev–Trinajstić information content (AvgIpc) is 2.80. The SMILES string of the molecule is CCCNC(c1ccccc1SC)c1c(Br)nnn1C. The summed E-state index contributed by atoms with van der Waals surface area (Å²) in [6, 6.07) is 8.56. The van der Waals surface area contributed by atoms with Gasteiger partial charge in [0.25, 0.3) is 0 Å². The molecule has 0 radical (unpaired) electrons. The molecule has 4 nitrogen and oxygen atoms in total. The van der Waals surface area contributed by atoms with Crippen molar-refractivity contribution in [3.63, 3.8) is 0 Å². The molecule has 1 unspecified atom stereocenters. The quantitative estimate of drug-likeness (QED) is 0.807. The standard InChI is InChI=1S/C14H19BrN4S/c1-4-9-16-12(13-14(15)17-18-19(13)2)10-7-5-6-8-11(10)20-3/h5-8,12,16H,4,9H2,1-3H3. The Hall–Kier alpha value is -0.850. The zero-order chi connectivity index (χ0) is 14.5. The third-order valence-electron chi connectivity index (χ3n) is 3.15. The minimum Gasteiger partial charge on any atom is -0.305 e. The molecule has 1 aromatic carbocycles. The summed E-state index contributed by atoms with van der Waals surface area (Å²) in [5.74, 6) is 0. The van der Waals surface area contributed by atoms with Crippen molar-refractivity contribution in [2.45, 2.75) is 24.3 Å². The third-order valence-corrected chi connectivity index (χ3v) is 4.52. The summed E-state index contributed by atoms with van der Waals surface area (Å²) in [7, 11) is 1.93. The van der Waals surface area contributed by atoms with Crippen LogP contribution >= 0.6 is 27.7 Å². The first-order valence-electron chi connectivity index (χ1n) is 6.60. The van der Waals surface area contributed by atoms with Crippen molar-refractivity contribution in [3.8, 4) is 0 Å². The van der Waals surface area contributed by atoms with E-state index in [1.807, 2.05) is 11.7 Å². The zero-order valence-electron chi connectivity index (χ0n) is 11.9. The van der Waals surface area contributed by atoms with E-state index >= 15 is 0 Å². The van der Waals surface area contributed by atoms with Crippen LogP contribution in [0.2, 0.25) is 0 Å². The molecule has 1 N–H and O–H groups in total. The number of nitrogens with zero attached hydrogens (tertiary/aromatic N) is 3. The molecule has 0 bridgehead atoms. The van der Waals surface area contributed by atoms with Crippen molar-refractivity contribution in [1.29, 1.82) is 0 Å². The lowest BCUT2D eigenvalue weighted by Gasteiger charge is -2.21. The summed E-state index contributed by atoms with van der Waals surface area (Å²) in [4.78, 5) is 1.27. The van der Waals surface area contributed by atoms with E-state index in [2.05, 4.69) is 69.0 Å². The molecule has 2 rings (SSSR count). The van der Waals surface area contributed by atoms with Crippen LogP contribution in [-0.4, -0.2) is 27.8 Å². The smallest absolute Gasteiger partial charge is 0.153 e. The molecule has 0 aliphatic rings. The molecule has 0 spiro atoms. The van der Waals surface area contributed by atoms with Crippen LogP contribution < -0.4 is 5.32 Å². The second-order valence-corrected chi connectivity index (χ2v) is 6.12. The Morgan fingerprint density at radius 2 is 2.15 bits per heavy atom. The first kappa shape index (κ1) is 15.5. The Morgan fingerprint density at radius 1 is 1.40 bits per heavy atom. The van der Waals surface area contributed by atoms with Crippen LogP contribution in [0, 0.1) is 0 Å². The van der Waals surface area contributed by atoms with Crippen molar-refractivity contribution >= 4 is 27.7 Å². The van der Waals surface area contributed by atoms with E-state index < -0.39 is 0 Å². The highest BCUT2D eigenvalue weighted by atomic mass is 79.9. The number of thioether (sulfide) groups is 1. The van der Waals surface area contributed by atoms with Gasteiger partial charge >= 0.3 is 0 Å². The zero-order valence-corrected chi connectivity index (χ0v) is 14.3. The molecule has 1 heterocycles. The number of aryl methyl sites for hydroxylation is 1. The molecular weight excluding hydrogens is 336 g/mol. The lowest BCUT2D eigenvalue weighted by molar-refractivity contribution is 0.544. The van der Waals surface area contributed by atoms with Gasteiger partial charge in [-0.2, -0.15) is 0 Å². The molecule has 20 heavy (non-hydrogen) atoms. The lowest BCUT2D eigenvalue weighted by atomic mass is 10.0. The molecule has 1 aromatic heterocycles. The van der Waals surface area contributed by atoms with Crippen molar-refractivity contribution in [2.75, 3.05) is 12.8 Å². The van der Waals surface area contributed by atoms with Crippen LogP contribution in [0.25, 0.3) is 0 Å². The van der Waals surface area contributed by atoms with Crippen LogP contribution in [0.5, 0.6) is 0 Å². The fourth-order valence-corrected chi connectivity index (χ4v) is 3.39. The topological polar surface area (TPSA) is 42.7 Å². The predicted octanol–water partition coefficient (Wildman–Crippen LogP) is 3.39. The normalized spacial score (nSPS) is 12.6. The number of hydrogen-bond acceptors (Lipinski definition) is 4. The molecular formula is C14H19BrN4S. The largest absolute Gasteiger partial charge is 0.305 e. The van der Waals surface area contributed by atoms with Gasteiger partial charge in [0.2, 0.25) is 0 Å². The number of halogens is 1. The van der Waals surface area contributed by atoms with E-state index in [1.54, 1.807) is 11.8 Å². The Morgan fingerprint density at radius 3 is 2.75 bits per heavy atom. The number of benzene rings is 1. The second kappa shape index (κ2) is 7.24. The van der Waals surface area contributed by atoms with E-state index in [-0.39, 0.29) is 6.04 Å². The van der Waals surface area contributed by atoms with Crippen LogP contribution in [0.1, 0.15) is 30.6 Å². The molecule has 1 atom stereocenters. The maximum atomic E-state index is 4.11. The number of rotatable bonds is 6. The molecule has 0 fully saturated rings. The fourth-order valence-electron chi connectivity index (χ4n) is 2.19. The molecule has 2 aromatic rings. The summed E-state index contributed by atoms with van der Waals surface area (Å²) in [6.07, 6.45) is 3.19. The second-order valence-electron chi connectivity index (χ2n) is 4.52. The highest BCUT2D eigenvalue weighted by Gasteiger charge is 2.23. The van der Waals surface area contributed by atoms with Gasteiger partial charge in [-0.1, -0.05) is 30.3 Å². The van der Waals surface area contributed by atoms with Crippen LogP contribution in [0.3, 0.4) is 0 Å². The fraction of sp³-hybridized carbons (Fsp3) is 0.429. The van der Waals surface area contributed by atoms with Gasteiger partial charge in [0, 0.05) is 11.9 Å². The minimum absolute atomic E-state index is 0.0907. The summed E-state index contributed by atoms with van der Waals surface area (Å²) < 4.78 is 2.62. The molecule has 108 valence electrons. The minimum atomic E-state index is 0.0907. The summed E-state index contributed by atoms with van der Waals surface area (Å²) >= 11 is 5.27. The van der Waals surface area contributed by atoms with Gasteiger partial charge in [0.05, 0.1) is 11.7 Å². The van der Waals surface area contributed by atoms with Gasteiger partial charge in [-0.25, -0.2) is 4.68 Å². The molecule has 0 amide bonds. The predicted molar refractivity (Wildman–Crippen MR) is 87.1 cm³/mol. The molecule has 0 saturated carbocycles. The molecule has 0 aliphatic carbocycles. The van der Waals surface area contributed by atoms with Crippen LogP contribution in [0.15, 0.2) is 33.8 Å². The first-order valence-corrected chi connectivity index (χ1v) is 8.62. The number of aromatic nitrogens is 3. The van der Waals surface area contributed by atoms with Crippen molar-refractivity contribution in [2.24, 2.45) is 7.05 Å². The van der Waals surface area contributed by atoms with Crippen molar-refractivity contribution in [3.05, 3.63) is 40.1 Å². The number of hydrogen-bond donors (Lipinski definition) is 1. The highest BCUT2D eigenvalue weighted by molar-refractivity contribution is 9.10. The van der Waals surface area contributed by atoms with E-state index in [0.717, 1.165) is 23.3 Å². The Labute approximate surface area is 132 Å². The maximum absolute atomic E-state index is 4.11. The van der Waals surface area contributed by atoms with Gasteiger partial charge in [0.1, 0.15) is 0 Å². The molecule has 0 saturated heterocycles. The van der Waals surface area contributed by atoms with Crippen LogP contribution in [0.4, 0.5) is 0 Å². The van der Waals surface area contributed by atoms with Gasteiger partial charge in [0.15, 0.2) is 4.60 Å². The third kappa shape index (κ3) is 3.24. The summed E-state index contributed by atoms with van der Waals surface area (Å²) in [6.45, 7) is 3.12. The van der Waals surface area contributed by atoms with Gasteiger partial charge in [-0.05, 0) is 46.8 Å². The average molecular weight is 355 g/mol. The van der Waals surface area contributed by atoms with Crippen LogP contribution in [-0.2, 0) is 7.05 Å². The van der Waals surface area contributed by atoms with E-state index in [0.29, 0.717) is 0 Å². The van der Waals surface area contributed by atoms with Gasteiger partial charge < -0.3 is 5.32 Å². The lowest BCUT2D eigenvalue weighted by Crippen LogP contribution is -2.26. The molecule has 0 aliphatic heterocycles. The number of nitrogens with one attached hydrogen (secondary N) is 1. The molecule has 6 heteroatoms. The Balaban J connectivity index is 2.47. The highest BCUT2D eigenvalue weighted by Crippen LogP contribution is 2.32. The van der Waals surface area contributed by atoms with E-state index in [9.17, 15) is 0 Å². The van der Waals surface area contributed by atoms with E-state index in [4.69, 9.17) is 0 Å². The van der Waals surface area contributed by atoms with E-state index in [1.165, 1.54) is 10.5 Å². The first-order chi connectivity index (χ1) is 9.69. The van der Waals surface area contributed by atoms with Crippen molar-refractivity contribution < 1.29 is 0 Å². The van der Waals surface area contributed by atoms with Gasteiger partial charge in [-0.3, -0.25) is 0 Å². The Kier molecular flexibility index (Phi) is 5.63. The maximum Gasteiger partial charge on any atom is 0.153 e.